The van der Waals surface area contributed by atoms with E-state index in [0.29, 0.717) is 5.78 Å². The Morgan fingerprint density at radius 1 is 0.419 bits per heavy atom. The molecule has 0 radical (unpaired) electrons. The summed E-state index contributed by atoms with van der Waals surface area (Å²) in [6.07, 6.45) is 34.8. The maximum absolute atomic E-state index is 10.9. The van der Waals surface area contributed by atoms with Crippen LogP contribution in [-0.2, 0) is 4.79 Å². The van der Waals surface area contributed by atoms with Crippen molar-refractivity contribution in [3.05, 3.63) is 0 Å². The second-order valence-corrected chi connectivity index (χ2v) is 10.0. The summed E-state index contributed by atoms with van der Waals surface area (Å²) >= 11 is 0. The topological polar surface area (TPSA) is 29.1 Å². The van der Waals surface area contributed by atoms with Crippen molar-refractivity contribution in [2.75, 3.05) is 13.6 Å². The molecular formula is C29H59NO. The van der Waals surface area contributed by atoms with E-state index in [1.165, 1.54) is 154 Å². The number of Topliss-reactive ketones (excluding diaryl/α,β-unsaturated/α-hetero) is 1. The third kappa shape index (κ3) is 29.6. The lowest BCUT2D eigenvalue weighted by Crippen LogP contribution is -2.06. The highest BCUT2D eigenvalue weighted by atomic mass is 16.1. The molecule has 0 aromatic carbocycles. The Balaban J connectivity index is 3.00. The summed E-state index contributed by atoms with van der Waals surface area (Å²) in [4.78, 5) is 10.9. The van der Waals surface area contributed by atoms with Crippen molar-refractivity contribution in [2.24, 2.45) is 0 Å². The van der Waals surface area contributed by atoms with Crippen LogP contribution >= 0.6 is 0 Å². The zero-order valence-corrected chi connectivity index (χ0v) is 21.8. The Morgan fingerprint density at radius 3 is 0.871 bits per heavy atom. The summed E-state index contributed by atoms with van der Waals surface area (Å²) in [5, 5.41) is 3.23. The van der Waals surface area contributed by atoms with Crippen LogP contribution in [0.15, 0.2) is 0 Å². The Labute approximate surface area is 197 Å². The van der Waals surface area contributed by atoms with Gasteiger partial charge in [0.2, 0.25) is 0 Å². The van der Waals surface area contributed by atoms with E-state index in [2.05, 4.69) is 5.32 Å². The van der Waals surface area contributed by atoms with Gasteiger partial charge in [0.25, 0.3) is 0 Å². The summed E-state index contributed by atoms with van der Waals surface area (Å²) in [6.45, 7) is 2.89. The third-order valence-electron chi connectivity index (χ3n) is 6.71. The molecule has 0 aliphatic heterocycles. The molecule has 0 unspecified atom stereocenters. The maximum Gasteiger partial charge on any atom is 0.129 e. The number of carbonyl (C=O) groups excluding carboxylic acids is 1. The molecule has 0 saturated heterocycles. The molecule has 0 rings (SSSR count). The van der Waals surface area contributed by atoms with Crippen molar-refractivity contribution in [3.8, 4) is 0 Å². The first-order valence-electron chi connectivity index (χ1n) is 14.4. The van der Waals surface area contributed by atoms with Crippen LogP contribution in [0.5, 0.6) is 0 Å². The molecule has 2 nitrogen and oxygen atoms in total. The highest BCUT2D eigenvalue weighted by Crippen LogP contribution is 2.15. The molecule has 186 valence electrons. The standard InChI is InChI=1S/C29H59NO/c1-29(31)27-25-23-21-19-17-15-13-11-9-7-5-3-4-6-8-10-12-14-16-18-20-22-24-26-28-30-2/h30H,3-28H2,1-2H3. The first kappa shape index (κ1) is 30.6. The molecule has 0 amide bonds. The van der Waals surface area contributed by atoms with Gasteiger partial charge in [-0.1, -0.05) is 141 Å². The van der Waals surface area contributed by atoms with Crippen molar-refractivity contribution in [1.82, 2.24) is 5.32 Å². The molecule has 1 N–H and O–H groups in total. The summed E-state index contributed by atoms with van der Waals surface area (Å²) < 4.78 is 0. The van der Waals surface area contributed by atoms with Gasteiger partial charge in [-0.15, -0.1) is 0 Å². The zero-order valence-electron chi connectivity index (χ0n) is 21.8. The van der Waals surface area contributed by atoms with Gasteiger partial charge in [0.15, 0.2) is 0 Å². The smallest absolute Gasteiger partial charge is 0.129 e. The summed E-state index contributed by atoms with van der Waals surface area (Å²) in [7, 11) is 2.05. The molecule has 0 saturated carbocycles. The van der Waals surface area contributed by atoms with Crippen LogP contribution in [-0.4, -0.2) is 19.4 Å². The van der Waals surface area contributed by atoms with Crippen LogP contribution in [0.2, 0.25) is 0 Å². The second-order valence-electron chi connectivity index (χ2n) is 10.0. The Morgan fingerprint density at radius 2 is 0.645 bits per heavy atom. The lowest BCUT2D eigenvalue weighted by molar-refractivity contribution is -0.117. The molecule has 0 atom stereocenters. The van der Waals surface area contributed by atoms with E-state index in [4.69, 9.17) is 0 Å². The minimum absolute atomic E-state index is 0.350. The van der Waals surface area contributed by atoms with Crippen LogP contribution in [0, 0.1) is 0 Å². The number of rotatable bonds is 27. The lowest BCUT2D eigenvalue weighted by Gasteiger charge is -2.04. The normalized spacial score (nSPS) is 11.3. The largest absolute Gasteiger partial charge is 0.320 e. The molecule has 0 aliphatic carbocycles. The Bertz CT molecular complexity index is 342. The van der Waals surface area contributed by atoms with E-state index in [1.807, 2.05) is 7.05 Å². The van der Waals surface area contributed by atoms with E-state index in [0.717, 1.165) is 12.8 Å². The van der Waals surface area contributed by atoms with Crippen molar-refractivity contribution in [1.29, 1.82) is 0 Å². The van der Waals surface area contributed by atoms with Gasteiger partial charge in [-0.2, -0.15) is 0 Å². The molecule has 0 aromatic rings. The number of carbonyl (C=O) groups is 1. The van der Waals surface area contributed by atoms with Gasteiger partial charge >= 0.3 is 0 Å². The number of hydrogen-bond donors (Lipinski definition) is 1. The summed E-state index contributed by atoms with van der Waals surface area (Å²) in [6, 6.07) is 0. The average Bonchev–Trinajstić information content (AvgIpc) is 2.76. The molecular weight excluding hydrogens is 378 g/mol. The van der Waals surface area contributed by atoms with Gasteiger partial charge in [-0.05, 0) is 33.4 Å². The van der Waals surface area contributed by atoms with Crippen LogP contribution in [0.3, 0.4) is 0 Å². The highest BCUT2D eigenvalue weighted by molar-refractivity contribution is 5.75. The first-order valence-corrected chi connectivity index (χ1v) is 14.4. The number of nitrogens with one attached hydrogen (secondary N) is 1. The van der Waals surface area contributed by atoms with Gasteiger partial charge in [0, 0.05) is 6.42 Å². The predicted octanol–water partition coefficient (Wildman–Crippen LogP) is 9.55. The molecule has 2 heteroatoms. The van der Waals surface area contributed by atoms with Gasteiger partial charge in [-0.3, -0.25) is 0 Å². The maximum atomic E-state index is 10.9. The molecule has 0 bridgehead atoms. The fraction of sp³-hybridized carbons (Fsp3) is 0.966. The van der Waals surface area contributed by atoms with Crippen molar-refractivity contribution < 1.29 is 4.79 Å². The van der Waals surface area contributed by atoms with Crippen molar-refractivity contribution in [2.45, 2.75) is 167 Å². The van der Waals surface area contributed by atoms with Gasteiger partial charge in [-0.25, -0.2) is 0 Å². The van der Waals surface area contributed by atoms with E-state index in [9.17, 15) is 4.79 Å². The van der Waals surface area contributed by atoms with E-state index in [1.54, 1.807) is 6.92 Å². The van der Waals surface area contributed by atoms with Crippen LogP contribution in [0.4, 0.5) is 0 Å². The monoisotopic (exact) mass is 437 g/mol. The number of unbranched alkanes of at least 4 members (excludes halogenated alkanes) is 23. The molecule has 0 heterocycles. The Hall–Kier alpha value is -0.370. The van der Waals surface area contributed by atoms with Gasteiger partial charge in [0.1, 0.15) is 5.78 Å². The fourth-order valence-electron chi connectivity index (χ4n) is 4.56. The lowest BCUT2D eigenvalue weighted by atomic mass is 10.0. The highest BCUT2D eigenvalue weighted by Gasteiger charge is 1.97. The van der Waals surface area contributed by atoms with E-state index >= 15 is 0 Å². The first-order chi connectivity index (χ1) is 15.3. The fourth-order valence-corrected chi connectivity index (χ4v) is 4.56. The van der Waals surface area contributed by atoms with Crippen molar-refractivity contribution >= 4 is 5.78 Å². The van der Waals surface area contributed by atoms with Crippen molar-refractivity contribution in [3.63, 3.8) is 0 Å². The zero-order chi connectivity index (χ0) is 22.7. The minimum atomic E-state index is 0.350. The summed E-state index contributed by atoms with van der Waals surface area (Å²) in [5.41, 5.74) is 0. The van der Waals surface area contributed by atoms with Crippen LogP contribution in [0.25, 0.3) is 0 Å². The van der Waals surface area contributed by atoms with Gasteiger partial charge < -0.3 is 10.1 Å². The van der Waals surface area contributed by atoms with Crippen LogP contribution < -0.4 is 5.32 Å². The average molecular weight is 438 g/mol. The molecule has 0 aliphatic rings. The predicted molar refractivity (Wildman–Crippen MR) is 140 cm³/mol. The minimum Gasteiger partial charge on any atom is -0.320 e. The third-order valence-corrected chi connectivity index (χ3v) is 6.71. The number of hydrogen-bond acceptors (Lipinski definition) is 2. The van der Waals surface area contributed by atoms with Gasteiger partial charge in [0.05, 0.1) is 0 Å². The SMILES string of the molecule is CNCCCCCCCCCCCCCCCCCCCCCCCCCCC(C)=O. The second kappa shape index (κ2) is 27.7. The summed E-state index contributed by atoms with van der Waals surface area (Å²) in [5.74, 6) is 0.350. The molecule has 31 heavy (non-hydrogen) atoms. The quantitative estimate of drug-likeness (QED) is 0.130. The molecule has 0 fully saturated rings. The molecule has 0 aromatic heterocycles. The number of ketones is 1. The Kier molecular flexibility index (Phi) is 27.3. The van der Waals surface area contributed by atoms with E-state index < -0.39 is 0 Å². The van der Waals surface area contributed by atoms with E-state index in [-0.39, 0.29) is 0 Å². The van der Waals surface area contributed by atoms with Crippen LogP contribution in [0.1, 0.15) is 167 Å². The molecule has 0 spiro atoms.